The summed E-state index contributed by atoms with van der Waals surface area (Å²) in [5.74, 6) is -1.06. The minimum Gasteiger partial charge on any atom is -0.360 e. The number of hydrogen-bond acceptors (Lipinski definition) is 2. The molecule has 1 saturated heterocycles. The summed E-state index contributed by atoms with van der Waals surface area (Å²) in [6.07, 6.45) is 1.81. The Kier molecular flexibility index (Phi) is 1.36. The lowest BCUT2D eigenvalue weighted by Crippen LogP contribution is -2.20. The van der Waals surface area contributed by atoms with E-state index < -0.39 is 5.79 Å². The molecule has 0 amide bonds. The van der Waals surface area contributed by atoms with Crippen molar-refractivity contribution in [2.45, 2.75) is 24.7 Å². The third-order valence-electron chi connectivity index (χ3n) is 2.84. The van der Waals surface area contributed by atoms with E-state index in [1.807, 2.05) is 12.1 Å². The van der Waals surface area contributed by atoms with Crippen molar-refractivity contribution >= 4 is 11.6 Å². The molecule has 2 atom stereocenters. The van der Waals surface area contributed by atoms with Gasteiger partial charge in [0.05, 0.1) is 0 Å². The molecule has 0 spiro atoms. The highest BCUT2D eigenvalue weighted by Crippen LogP contribution is 2.52. The summed E-state index contributed by atoms with van der Waals surface area (Å²) in [7, 11) is 0. The van der Waals surface area contributed by atoms with Gasteiger partial charge in [0.1, 0.15) is 6.10 Å². The van der Waals surface area contributed by atoms with Crippen LogP contribution in [0.25, 0.3) is 0 Å². The third-order valence-corrected chi connectivity index (χ3v) is 3.15. The Bertz CT molecular complexity index is 377. The molecule has 3 rings (SSSR count). The highest BCUT2D eigenvalue weighted by atomic mass is 35.5. The molecule has 0 aromatic heterocycles. The van der Waals surface area contributed by atoms with Crippen molar-refractivity contribution in [1.82, 2.24) is 0 Å². The van der Waals surface area contributed by atoms with Gasteiger partial charge in [-0.05, 0) is 24.5 Å². The predicted molar refractivity (Wildman–Crippen MR) is 48.5 cm³/mol. The number of aliphatic hydroxyl groups is 1. The second kappa shape index (κ2) is 2.27. The van der Waals surface area contributed by atoms with E-state index in [0.29, 0.717) is 5.02 Å². The first-order chi connectivity index (χ1) is 6.22. The molecule has 2 aliphatic rings. The van der Waals surface area contributed by atoms with Crippen LogP contribution in [0.4, 0.5) is 0 Å². The zero-order chi connectivity index (χ0) is 9.05. The number of epoxide rings is 1. The first-order valence-electron chi connectivity index (χ1n) is 4.40. The highest BCUT2D eigenvalue weighted by molar-refractivity contribution is 6.31. The fourth-order valence-electron chi connectivity index (χ4n) is 2.12. The molecular formula is C10H9ClO2. The number of hydrogen-bond donors (Lipinski definition) is 1. The maximum absolute atomic E-state index is 9.97. The Morgan fingerprint density at radius 3 is 3.23 bits per heavy atom. The van der Waals surface area contributed by atoms with Crippen LogP contribution < -0.4 is 0 Å². The summed E-state index contributed by atoms with van der Waals surface area (Å²) in [4.78, 5) is 0. The van der Waals surface area contributed by atoms with Gasteiger partial charge in [-0.15, -0.1) is 0 Å². The van der Waals surface area contributed by atoms with Gasteiger partial charge in [-0.2, -0.15) is 0 Å². The summed E-state index contributed by atoms with van der Waals surface area (Å²) in [6, 6.07) is 5.70. The van der Waals surface area contributed by atoms with E-state index in [0.717, 1.165) is 24.0 Å². The Hall–Kier alpha value is -0.570. The maximum atomic E-state index is 9.97. The van der Waals surface area contributed by atoms with Crippen LogP contribution in [0.2, 0.25) is 5.02 Å². The maximum Gasteiger partial charge on any atom is 0.221 e. The number of fused-ring (bicyclic) bond motifs is 3. The molecule has 1 fully saturated rings. The molecule has 1 heterocycles. The zero-order valence-corrected chi connectivity index (χ0v) is 7.71. The van der Waals surface area contributed by atoms with Gasteiger partial charge in [-0.3, -0.25) is 0 Å². The van der Waals surface area contributed by atoms with Crippen LogP contribution in [0.15, 0.2) is 18.2 Å². The van der Waals surface area contributed by atoms with Gasteiger partial charge in [0, 0.05) is 10.6 Å². The minimum atomic E-state index is -1.06. The molecule has 13 heavy (non-hydrogen) atoms. The van der Waals surface area contributed by atoms with Gasteiger partial charge in [-0.1, -0.05) is 23.7 Å². The van der Waals surface area contributed by atoms with E-state index in [2.05, 4.69) is 0 Å². The van der Waals surface area contributed by atoms with Gasteiger partial charge in [-0.25, -0.2) is 0 Å². The molecule has 68 valence electrons. The number of aryl methyl sites for hydroxylation is 1. The van der Waals surface area contributed by atoms with Crippen molar-refractivity contribution in [3.63, 3.8) is 0 Å². The van der Waals surface area contributed by atoms with Crippen molar-refractivity contribution in [3.8, 4) is 0 Å². The average Bonchev–Trinajstić information content (AvgIpc) is 2.76. The molecule has 0 unspecified atom stereocenters. The molecule has 1 aliphatic heterocycles. The fourth-order valence-corrected chi connectivity index (χ4v) is 2.45. The molecular weight excluding hydrogens is 188 g/mol. The molecule has 1 aromatic rings. The second-order valence-electron chi connectivity index (χ2n) is 3.62. The minimum absolute atomic E-state index is 0.0279. The number of halogens is 1. The zero-order valence-electron chi connectivity index (χ0n) is 6.96. The number of ether oxygens (including phenoxy) is 1. The van der Waals surface area contributed by atoms with E-state index in [-0.39, 0.29) is 6.10 Å². The second-order valence-corrected chi connectivity index (χ2v) is 4.02. The van der Waals surface area contributed by atoms with Crippen molar-refractivity contribution in [1.29, 1.82) is 0 Å². The quantitative estimate of drug-likeness (QED) is 0.643. The Balaban J connectivity index is 2.24. The largest absolute Gasteiger partial charge is 0.360 e. The van der Waals surface area contributed by atoms with E-state index in [9.17, 15) is 5.11 Å². The number of benzene rings is 1. The summed E-state index contributed by atoms with van der Waals surface area (Å²) in [6.45, 7) is 0. The summed E-state index contributed by atoms with van der Waals surface area (Å²) < 4.78 is 5.24. The van der Waals surface area contributed by atoms with E-state index >= 15 is 0 Å². The van der Waals surface area contributed by atoms with Gasteiger partial charge in [0.25, 0.3) is 0 Å². The van der Waals surface area contributed by atoms with Crippen molar-refractivity contribution in [2.75, 3.05) is 0 Å². The average molecular weight is 197 g/mol. The molecule has 3 heteroatoms. The fraction of sp³-hybridized carbons (Fsp3) is 0.400. The van der Waals surface area contributed by atoms with Crippen LogP contribution in [0.5, 0.6) is 0 Å². The molecule has 2 nitrogen and oxygen atoms in total. The normalized spacial score (nSPS) is 35.1. The lowest BCUT2D eigenvalue weighted by Gasteiger charge is -2.17. The van der Waals surface area contributed by atoms with Crippen LogP contribution >= 0.6 is 11.6 Å². The smallest absolute Gasteiger partial charge is 0.221 e. The van der Waals surface area contributed by atoms with Crippen molar-refractivity contribution in [2.24, 2.45) is 0 Å². The monoisotopic (exact) mass is 196 g/mol. The summed E-state index contributed by atoms with van der Waals surface area (Å²) in [5, 5.41) is 10.6. The molecule has 0 saturated carbocycles. The third kappa shape index (κ3) is 0.909. The van der Waals surface area contributed by atoms with Gasteiger partial charge < -0.3 is 9.84 Å². The van der Waals surface area contributed by atoms with Crippen LogP contribution in [0, 0.1) is 0 Å². The first-order valence-corrected chi connectivity index (χ1v) is 4.77. The Morgan fingerprint density at radius 1 is 1.54 bits per heavy atom. The highest BCUT2D eigenvalue weighted by Gasteiger charge is 2.60. The molecule has 0 bridgehead atoms. The van der Waals surface area contributed by atoms with Gasteiger partial charge >= 0.3 is 0 Å². The molecule has 1 aromatic carbocycles. The molecule has 0 radical (unpaired) electrons. The SMILES string of the molecule is O[C@]12O[C@H]1CCc1cccc(Cl)c12. The van der Waals surface area contributed by atoms with Crippen LogP contribution in [-0.2, 0) is 16.9 Å². The van der Waals surface area contributed by atoms with Gasteiger partial charge in [0.15, 0.2) is 0 Å². The van der Waals surface area contributed by atoms with Crippen molar-refractivity contribution in [3.05, 3.63) is 34.3 Å². The standard InChI is InChI=1S/C10H9ClO2/c11-7-3-1-2-6-4-5-8-10(12,13-8)9(6)7/h1-3,8,12H,4-5H2/t8-,10-/m0/s1. The molecule has 1 aliphatic carbocycles. The number of rotatable bonds is 0. The summed E-state index contributed by atoms with van der Waals surface area (Å²) in [5.41, 5.74) is 1.90. The Morgan fingerprint density at radius 2 is 2.38 bits per heavy atom. The lowest BCUT2D eigenvalue weighted by atomic mass is 9.89. The van der Waals surface area contributed by atoms with Crippen LogP contribution in [-0.4, -0.2) is 11.2 Å². The topological polar surface area (TPSA) is 32.8 Å². The van der Waals surface area contributed by atoms with E-state index in [1.165, 1.54) is 0 Å². The van der Waals surface area contributed by atoms with E-state index in [4.69, 9.17) is 16.3 Å². The van der Waals surface area contributed by atoms with Gasteiger partial charge in [0.2, 0.25) is 5.79 Å². The van der Waals surface area contributed by atoms with Crippen molar-refractivity contribution < 1.29 is 9.84 Å². The first kappa shape index (κ1) is 7.80. The van der Waals surface area contributed by atoms with E-state index in [1.54, 1.807) is 6.07 Å². The predicted octanol–water partition coefficient (Wildman–Crippen LogP) is 1.83. The Labute approximate surface area is 81.1 Å². The molecule has 1 N–H and O–H groups in total. The van der Waals surface area contributed by atoms with Crippen LogP contribution in [0.3, 0.4) is 0 Å². The summed E-state index contributed by atoms with van der Waals surface area (Å²) >= 11 is 6.01. The lowest BCUT2D eigenvalue weighted by molar-refractivity contribution is 0.0321. The van der Waals surface area contributed by atoms with Crippen LogP contribution in [0.1, 0.15) is 17.5 Å².